The summed E-state index contributed by atoms with van der Waals surface area (Å²) in [5.74, 6) is -0.523. The minimum absolute atomic E-state index is 0.123. The minimum atomic E-state index is -3.78. The van der Waals surface area contributed by atoms with Gasteiger partial charge in [-0.2, -0.15) is 0 Å². The third-order valence-corrected chi connectivity index (χ3v) is 3.10. The van der Waals surface area contributed by atoms with Gasteiger partial charge in [0.05, 0.1) is 5.56 Å². The van der Waals surface area contributed by atoms with Gasteiger partial charge in [-0.3, -0.25) is 4.79 Å². The van der Waals surface area contributed by atoms with Crippen LogP contribution in [0.5, 0.6) is 5.75 Å². The number of pyridine rings is 1. The molecule has 1 heterocycles. The van der Waals surface area contributed by atoms with Gasteiger partial charge in [-0.1, -0.05) is 25.4 Å². The van der Waals surface area contributed by atoms with E-state index in [9.17, 15) is 13.6 Å². The molecule has 0 bridgehead atoms. The second kappa shape index (κ2) is 8.80. The van der Waals surface area contributed by atoms with Gasteiger partial charge in [-0.25, -0.2) is 4.98 Å². The highest BCUT2D eigenvalue weighted by atomic mass is 35.5. The van der Waals surface area contributed by atoms with Crippen LogP contribution in [0.25, 0.3) is 0 Å². The summed E-state index contributed by atoms with van der Waals surface area (Å²) >= 11 is 10.4. The highest BCUT2D eigenvalue weighted by Gasteiger charge is 2.27. The van der Waals surface area contributed by atoms with Gasteiger partial charge < -0.3 is 10.1 Å². The van der Waals surface area contributed by atoms with Crippen LogP contribution < -0.4 is 10.1 Å². The fourth-order valence-corrected chi connectivity index (χ4v) is 1.82. The summed E-state index contributed by atoms with van der Waals surface area (Å²) in [6.07, 6.45) is 1.34. The lowest BCUT2D eigenvalue weighted by atomic mass is 10.2. The first-order valence-corrected chi connectivity index (χ1v) is 7.79. The number of nitrogens with one attached hydrogen (secondary N) is 1. The quantitative estimate of drug-likeness (QED) is 0.566. The standard InChI is InChI=1S/C14H10Cl2F2N2O2.C2H6/c1-8-6-9(7-19-12(8)15)13(21)20-10-2-4-11(5-3-10)22-14(16,17)18;1-2/h2-7H,1H3,(H,20,21);1-2H3. The Morgan fingerprint density at radius 3 is 2.33 bits per heavy atom. The molecule has 1 amide bonds. The Labute approximate surface area is 148 Å². The molecule has 0 fully saturated rings. The summed E-state index contributed by atoms with van der Waals surface area (Å²) in [5.41, 5.74) is -2.38. The van der Waals surface area contributed by atoms with E-state index >= 15 is 0 Å². The van der Waals surface area contributed by atoms with Gasteiger partial charge in [-0.15, -0.1) is 8.78 Å². The van der Waals surface area contributed by atoms with Crippen LogP contribution in [0.2, 0.25) is 5.15 Å². The number of aromatic nitrogens is 1. The third kappa shape index (κ3) is 6.29. The average Bonchev–Trinajstić information content (AvgIpc) is 2.52. The van der Waals surface area contributed by atoms with Crippen molar-refractivity contribution in [3.05, 3.63) is 52.8 Å². The molecule has 1 aromatic carbocycles. The van der Waals surface area contributed by atoms with Gasteiger partial charge >= 0.3 is 5.57 Å². The van der Waals surface area contributed by atoms with Crippen molar-refractivity contribution < 1.29 is 18.3 Å². The van der Waals surface area contributed by atoms with E-state index in [1.807, 2.05) is 13.8 Å². The number of benzene rings is 1. The Balaban J connectivity index is 0.00000139. The zero-order chi connectivity index (χ0) is 18.3. The molecule has 0 atom stereocenters. The summed E-state index contributed by atoms with van der Waals surface area (Å²) in [6, 6.07) is 6.93. The third-order valence-electron chi connectivity index (χ3n) is 2.62. The first-order valence-electron chi connectivity index (χ1n) is 7.04. The van der Waals surface area contributed by atoms with E-state index in [-0.39, 0.29) is 5.75 Å². The van der Waals surface area contributed by atoms with Crippen LogP contribution in [0.4, 0.5) is 14.5 Å². The van der Waals surface area contributed by atoms with E-state index < -0.39 is 11.5 Å². The van der Waals surface area contributed by atoms with Crippen LogP contribution in [-0.2, 0) is 0 Å². The predicted molar refractivity (Wildman–Crippen MR) is 91.2 cm³/mol. The molecule has 4 nitrogen and oxygen atoms in total. The Kier molecular flexibility index (Phi) is 7.38. The number of carbonyl (C=O) groups excluding carboxylic acids is 1. The maximum absolute atomic E-state index is 12.5. The van der Waals surface area contributed by atoms with Crippen molar-refractivity contribution in [2.45, 2.75) is 26.3 Å². The van der Waals surface area contributed by atoms with Crippen LogP contribution in [0.1, 0.15) is 29.8 Å². The molecule has 130 valence electrons. The Morgan fingerprint density at radius 2 is 1.83 bits per heavy atom. The fourth-order valence-electron chi connectivity index (χ4n) is 1.63. The summed E-state index contributed by atoms with van der Waals surface area (Å²) < 4.78 is 29.1. The zero-order valence-electron chi connectivity index (χ0n) is 13.2. The number of rotatable bonds is 4. The smallest absolute Gasteiger partial charge is 0.420 e. The molecule has 0 aliphatic heterocycles. The minimum Gasteiger partial charge on any atom is -0.420 e. The van der Waals surface area contributed by atoms with E-state index in [1.165, 1.54) is 30.5 Å². The Morgan fingerprint density at radius 1 is 1.25 bits per heavy atom. The first kappa shape index (κ1) is 20.1. The van der Waals surface area contributed by atoms with Gasteiger partial charge in [0.2, 0.25) is 0 Å². The number of hydrogen-bond acceptors (Lipinski definition) is 3. The molecule has 1 aromatic heterocycles. The summed E-state index contributed by atoms with van der Waals surface area (Å²) in [7, 11) is 0. The number of amides is 1. The number of halogens is 4. The normalized spacial score (nSPS) is 10.5. The molecule has 1 N–H and O–H groups in total. The summed E-state index contributed by atoms with van der Waals surface area (Å²) in [5, 5.41) is 2.92. The van der Waals surface area contributed by atoms with E-state index in [0.29, 0.717) is 22.0 Å². The number of anilines is 1. The number of hydrogen-bond donors (Lipinski definition) is 1. The Hall–Kier alpha value is -1.92. The lowest BCUT2D eigenvalue weighted by molar-refractivity contribution is -0.0964. The summed E-state index contributed by atoms with van der Waals surface area (Å²) in [6.45, 7) is 5.73. The molecular weight excluding hydrogens is 361 g/mol. The van der Waals surface area contributed by atoms with Crippen molar-refractivity contribution in [1.29, 1.82) is 0 Å². The molecule has 0 spiro atoms. The number of aryl methyl sites for hydroxylation is 1. The van der Waals surface area contributed by atoms with Gasteiger partial charge in [-0.05, 0) is 42.8 Å². The number of nitrogens with zero attached hydrogens (tertiary/aromatic N) is 1. The maximum atomic E-state index is 12.5. The van der Waals surface area contributed by atoms with Crippen molar-refractivity contribution in [3.8, 4) is 5.75 Å². The van der Waals surface area contributed by atoms with Crippen LogP contribution >= 0.6 is 23.2 Å². The van der Waals surface area contributed by atoms with Gasteiger partial charge in [0, 0.05) is 23.5 Å². The number of carbonyl (C=O) groups is 1. The number of alkyl halides is 3. The topological polar surface area (TPSA) is 51.2 Å². The second-order valence-electron chi connectivity index (χ2n) is 4.36. The lowest BCUT2D eigenvalue weighted by Crippen LogP contribution is -2.16. The summed E-state index contributed by atoms with van der Waals surface area (Å²) in [4.78, 5) is 15.9. The molecule has 0 saturated heterocycles. The fraction of sp³-hybridized carbons (Fsp3) is 0.250. The van der Waals surface area contributed by atoms with Crippen LogP contribution in [0, 0.1) is 6.92 Å². The highest BCUT2D eigenvalue weighted by Crippen LogP contribution is 2.26. The SMILES string of the molecule is CC.Cc1cc(C(=O)Nc2ccc(OC(F)(F)Cl)cc2)cnc1Cl. The van der Waals surface area contributed by atoms with E-state index in [4.69, 9.17) is 11.6 Å². The largest absolute Gasteiger partial charge is 0.487 e. The highest BCUT2D eigenvalue weighted by molar-refractivity contribution is 6.30. The molecular formula is C16H16Cl2F2N2O2. The van der Waals surface area contributed by atoms with E-state index in [2.05, 4.69) is 26.6 Å². The zero-order valence-corrected chi connectivity index (χ0v) is 14.8. The van der Waals surface area contributed by atoms with E-state index in [1.54, 1.807) is 13.0 Å². The van der Waals surface area contributed by atoms with Crippen LogP contribution in [-0.4, -0.2) is 16.5 Å². The molecule has 0 radical (unpaired) electrons. The molecule has 2 rings (SSSR count). The van der Waals surface area contributed by atoms with Crippen molar-refractivity contribution in [3.63, 3.8) is 0 Å². The predicted octanol–water partition coefficient (Wildman–Crippen LogP) is 5.49. The van der Waals surface area contributed by atoms with Gasteiger partial charge in [0.15, 0.2) is 0 Å². The molecule has 0 saturated carbocycles. The monoisotopic (exact) mass is 376 g/mol. The lowest BCUT2D eigenvalue weighted by Gasteiger charge is -2.11. The maximum Gasteiger partial charge on any atom is 0.487 e. The van der Waals surface area contributed by atoms with Crippen molar-refractivity contribution in [2.75, 3.05) is 5.32 Å². The van der Waals surface area contributed by atoms with Crippen molar-refractivity contribution in [1.82, 2.24) is 4.98 Å². The van der Waals surface area contributed by atoms with Gasteiger partial charge in [0.1, 0.15) is 10.9 Å². The molecule has 8 heteroatoms. The average molecular weight is 377 g/mol. The molecule has 0 unspecified atom stereocenters. The molecule has 2 aromatic rings. The van der Waals surface area contributed by atoms with Gasteiger partial charge in [0.25, 0.3) is 5.91 Å². The molecule has 0 aliphatic rings. The molecule has 24 heavy (non-hydrogen) atoms. The van der Waals surface area contributed by atoms with E-state index in [0.717, 1.165) is 0 Å². The van der Waals surface area contributed by atoms with Crippen molar-refractivity contribution in [2.24, 2.45) is 0 Å². The van der Waals surface area contributed by atoms with Crippen molar-refractivity contribution >= 4 is 34.8 Å². The molecule has 0 aliphatic carbocycles. The first-order chi connectivity index (χ1) is 11.2. The van der Waals surface area contributed by atoms with Crippen LogP contribution in [0.3, 0.4) is 0 Å². The Bertz CT molecular complexity index is 689. The second-order valence-corrected chi connectivity index (χ2v) is 5.16. The number of ether oxygens (including phenoxy) is 1. The van der Waals surface area contributed by atoms with Crippen LogP contribution in [0.15, 0.2) is 36.5 Å².